The number of nitrogens with zero attached hydrogens (tertiary/aromatic N) is 1. The van der Waals surface area contributed by atoms with Crippen molar-refractivity contribution < 1.29 is 9.90 Å². The van der Waals surface area contributed by atoms with Crippen LogP contribution in [-0.4, -0.2) is 42.1 Å². The quantitative estimate of drug-likeness (QED) is 0.0847. The van der Waals surface area contributed by atoms with E-state index in [0.29, 0.717) is 32.4 Å². The molecule has 1 aromatic carbocycles. The van der Waals surface area contributed by atoms with Crippen LogP contribution >= 0.6 is 0 Å². The summed E-state index contributed by atoms with van der Waals surface area (Å²) in [6, 6.07) is 6.47. The number of benzene rings is 1. The third-order valence-corrected chi connectivity index (χ3v) is 3.74. The van der Waals surface area contributed by atoms with Crippen LogP contribution in [0, 0.1) is 0 Å². The zero-order valence-corrected chi connectivity index (χ0v) is 14.3. The highest BCUT2D eigenvalue weighted by atomic mass is 16.3. The van der Waals surface area contributed by atoms with Crippen molar-refractivity contribution >= 4 is 11.9 Å². The number of carbonyl (C=O) groups is 1. The van der Waals surface area contributed by atoms with Gasteiger partial charge in [-0.05, 0) is 37.0 Å². The van der Waals surface area contributed by atoms with E-state index in [1.54, 1.807) is 24.3 Å². The zero-order valence-electron chi connectivity index (χ0n) is 14.3. The molecule has 0 saturated carbocycles. The molecule has 0 fully saturated rings. The van der Waals surface area contributed by atoms with E-state index in [9.17, 15) is 9.90 Å². The summed E-state index contributed by atoms with van der Waals surface area (Å²) in [6.45, 7) is 0.812. The lowest BCUT2D eigenvalue weighted by molar-refractivity contribution is -0.122. The van der Waals surface area contributed by atoms with Crippen LogP contribution in [0.4, 0.5) is 0 Å². The molecule has 0 spiro atoms. The van der Waals surface area contributed by atoms with E-state index in [1.165, 1.54) is 0 Å². The maximum atomic E-state index is 12.2. The summed E-state index contributed by atoms with van der Waals surface area (Å²) < 4.78 is 0. The first-order valence-electron chi connectivity index (χ1n) is 8.23. The number of amides is 1. The van der Waals surface area contributed by atoms with Gasteiger partial charge in [-0.15, -0.1) is 0 Å². The van der Waals surface area contributed by atoms with Gasteiger partial charge in [-0.3, -0.25) is 21.1 Å². The molecule has 1 rings (SSSR count). The normalized spacial score (nSPS) is 13.0. The number of nitrogens with two attached hydrogens (primary N) is 4. The van der Waals surface area contributed by atoms with E-state index in [2.05, 4.69) is 15.7 Å². The van der Waals surface area contributed by atoms with Gasteiger partial charge >= 0.3 is 0 Å². The van der Waals surface area contributed by atoms with Crippen LogP contribution in [0.25, 0.3) is 0 Å². The van der Waals surface area contributed by atoms with Crippen LogP contribution in [0.3, 0.4) is 0 Å². The van der Waals surface area contributed by atoms with Crippen molar-refractivity contribution in [3.8, 4) is 5.75 Å². The Morgan fingerprint density at radius 2 is 1.88 bits per heavy atom. The van der Waals surface area contributed by atoms with Crippen LogP contribution in [0.2, 0.25) is 0 Å². The van der Waals surface area contributed by atoms with Gasteiger partial charge in [0.15, 0.2) is 5.96 Å². The third kappa shape index (κ3) is 8.89. The van der Waals surface area contributed by atoms with E-state index in [1.807, 2.05) is 0 Å². The van der Waals surface area contributed by atoms with Crippen LogP contribution in [0.5, 0.6) is 5.75 Å². The fraction of sp³-hybridized carbons (Fsp3) is 0.500. The maximum Gasteiger partial charge on any atom is 0.221 e. The Hall–Kier alpha value is -2.36. The third-order valence-electron chi connectivity index (χ3n) is 3.74. The molecule has 11 N–H and O–H groups in total. The predicted octanol–water partition coefficient (Wildman–Crippen LogP) is -1.35. The van der Waals surface area contributed by atoms with Crippen molar-refractivity contribution in [1.82, 2.24) is 10.7 Å². The molecule has 9 nitrogen and oxygen atoms in total. The Morgan fingerprint density at radius 3 is 2.44 bits per heavy atom. The van der Waals surface area contributed by atoms with E-state index < -0.39 is 0 Å². The number of hydrogen-bond donors (Lipinski definition) is 7. The number of nitrogens with one attached hydrogen (secondary N) is 2. The summed E-state index contributed by atoms with van der Waals surface area (Å²) in [7, 11) is 0. The van der Waals surface area contributed by atoms with Crippen molar-refractivity contribution in [3.63, 3.8) is 0 Å². The topological polar surface area (TPSA) is 178 Å². The number of hydrogen-bond acceptors (Lipinski definition) is 6. The van der Waals surface area contributed by atoms with Gasteiger partial charge in [0, 0.05) is 31.6 Å². The molecule has 0 radical (unpaired) electrons. The average Bonchev–Trinajstić information content (AvgIpc) is 2.58. The summed E-state index contributed by atoms with van der Waals surface area (Å²) in [5, 5.41) is 12.2. The minimum absolute atomic E-state index is 0.0509. The lowest BCUT2D eigenvalue weighted by atomic mass is 10.0. The lowest BCUT2D eigenvalue weighted by Crippen LogP contribution is -2.45. The van der Waals surface area contributed by atoms with E-state index >= 15 is 0 Å². The average molecular weight is 351 g/mol. The number of aromatic hydroxyl groups is 1. The highest BCUT2D eigenvalue weighted by Crippen LogP contribution is 2.11. The molecule has 2 atom stereocenters. The molecular weight excluding hydrogens is 322 g/mol. The van der Waals surface area contributed by atoms with Gasteiger partial charge in [0.05, 0.1) is 0 Å². The number of guanidine groups is 1. The summed E-state index contributed by atoms with van der Waals surface area (Å²) in [6.07, 6.45) is 2.22. The minimum atomic E-state index is -0.183. The lowest BCUT2D eigenvalue weighted by Gasteiger charge is -2.20. The Labute approximate surface area is 147 Å². The first kappa shape index (κ1) is 20.7. The van der Waals surface area contributed by atoms with Crippen LogP contribution < -0.4 is 33.8 Å². The predicted molar refractivity (Wildman–Crippen MR) is 98.4 cm³/mol. The van der Waals surface area contributed by atoms with Crippen LogP contribution in [0.15, 0.2) is 29.3 Å². The summed E-state index contributed by atoms with van der Waals surface area (Å²) in [5.41, 5.74) is 19.9. The van der Waals surface area contributed by atoms with Gasteiger partial charge < -0.3 is 27.6 Å². The van der Waals surface area contributed by atoms with Crippen LogP contribution in [0.1, 0.15) is 24.8 Å². The second-order valence-electron chi connectivity index (χ2n) is 5.89. The van der Waals surface area contributed by atoms with E-state index in [-0.39, 0.29) is 36.1 Å². The molecular formula is C16H29N7O2. The van der Waals surface area contributed by atoms with Crippen molar-refractivity contribution in [2.75, 3.05) is 13.1 Å². The molecule has 0 heterocycles. The minimum Gasteiger partial charge on any atom is -0.508 e. The summed E-state index contributed by atoms with van der Waals surface area (Å²) >= 11 is 0. The number of aliphatic imine (C=N–C) groups is 1. The van der Waals surface area contributed by atoms with Crippen molar-refractivity contribution in [3.05, 3.63) is 29.8 Å². The van der Waals surface area contributed by atoms with E-state index in [0.717, 1.165) is 5.56 Å². The SMILES string of the molecule is NCC(Cc1ccc(O)cc1)NC(=O)CC(CCCN=C(N)N)NN. The standard InChI is InChI=1S/C16H29N7O2/c17-10-13(8-11-3-5-14(24)6-4-11)22-15(25)9-12(23-20)2-1-7-21-16(18)19/h3-6,12-13,23-24H,1-2,7-10,17,20H2,(H,22,25)(H4,18,19,21). The van der Waals surface area contributed by atoms with Crippen molar-refractivity contribution in [1.29, 1.82) is 0 Å². The molecule has 140 valence electrons. The van der Waals surface area contributed by atoms with Gasteiger partial charge in [0.2, 0.25) is 5.91 Å². The van der Waals surface area contributed by atoms with Gasteiger partial charge in [-0.25, -0.2) is 0 Å². The molecule has 0 aromatic heterocycles. The molecule has 0 aliphatic heterocycles. The second kappa shape index (κ2) is 11.2. The highest BCUT2D eigenvalue weighted by molar-refractivity contribution is 5.77. The molecule has 1 aromatic rings. The van der Waals surface area contributed by atoms with Gasteiger partial charge in [0.1, 0.15) is 5.75 Å². The number of phenolic OH excluding ortho intramolecular Hbond substituents is 1. The molecule has 0 saturated heterocycles. The van der Waals surface area contributed by atoms with E-state index in [4.69, 9.17) is 23.0 Å². The first-order valence-corrected chi connectivity index (χ1v) is 8.23. The molecule has 0 aliphatic carbocycles. The Morgan fingerprint density at radius 1 is 1.20 bits per heavy atom. The Bertz CT molecular complexity index is 544. The number of phenols is 1. The number of rotatable bonds is 11. The highest BCUT2D eigenvalue weighted by Gasteiger charge is 2.16. The summed E-state index contributed by atoms with van der Waals surface area (Å²) in [4.78, 5) is 16.1. The van der Waals surface area contributed by atoms with Gasteiger partial charge in [-0.2, -0.15) is 0 Å². The molecule has 0 aliphatic rings. The maximum absolute atomic E-state index is 12.2. The number of hydrazine groups is 1. The van der Waals surface area contributed by atoms with Crippen LogP contribution in [-0.2, 0) is 11.2 Å². The molecule has 0 bridgehead atoms. The van der Waals surface area contributed by atoms with Crippen molar-refractivity contribution in [2.45, 2.75) is 37.8 Å². The smallest absolute Gasteiger partial charge is 0.221 e. The monoisotopic (exact) mass is 351 g/mol. The first-order chi connectivity index (χ1) is 11.9. The fourth-order valence-electron chi connectivity index (χ4n) is 2.41. The fourth-order valence-corrected chi connectivity index (χ4v) is 2.41. The molecule has 2 unspecified atom stereocenters. The molecule has 1 amide bonds. The number of carbonyl (C=O) groups excluding carboxylic acids is 1. The second-order valence-corrected chi connectivity index (χ2v) is 5.89. The molecule has 25 heavy (non-hydrogen) atoms. The molecule has 9 heteroatoms. The Balaban J connectivity index is 2.42. The van der Waals surface area contributed by atoms with Gasteiger partial charge in [0.25, 0.3) is 0 Å². The largest absolute Gasteiger partial charge is 0.508 e. The Kier molecular flexibility index (Phi) is 9.30. The zero-order chi connectivity index (χ0) is 18.7. The van der Waals surface area contributed by atoms with Crippen molar-refractivity contribution in [2.24, 2.45) is 28.0 Å². The van der Waals surface area contributed by atoms with Gasteiger partial charge in [-0.1, -0.05) is 12.1 Å². The summed E-state index contributed by atoms with van der Waals surface area (Å²) in [5.74, 6) is 5.63.